The summed E-state index contributed by atoms with van der Waals surface area (Å²) in [6.07, 6.45) is 4.12. The van der Waals surface area contributed by atoms with E-state index in [1.54, 1.807) is 24.4 Å². The van der Waals surface area contributed by atoms with Crippen molar-refractivity contribution in [1.82, 2.24) is 19.8 Å². The lowest BCUT2D eigenvalue weighted by Crippen LogP contribution is -2.56. The topological polar surface area (TPSA) is 98.8 Å². The second-order valence-corrected chi connectivity index (χ2v) is 10.1. The zero-order valence-electron chi connectivity index (χ0n) is 15.4. The highest BCUT2D eigenvalue weighted by molar-refractivity contribution is 7.91. The third kappa shape index (κ3) is 4.87. The second-order valence-electron chi connectivity index (χ2n) is 6.99. The molecule has 1 atom stereocenters. The fraction of sp³-hybridized carbons (Fsp3) is 0.647. The molecule has 2 N–H and O–H groups in total. The Balaban J connectivity index is 1.48. The maximum atomic E-state index is 12.6. The summed E-state index contributed by atoms with van der Waals surface area (Å²) in [4.78, 5) is 26.2. The molecule has 0 spiro atoms. The Bertz CT molecular complexity index is 752. The van der Waals surface area contributed by atoms with E-state index < -0.39 is 22.1 Å². The highest BCUT2D eigenvalue weighted by Gasteiger charge is 2.32. The monoisotopic (exact) mass is 414 g/mol. The number of hydrogen-bond donors (Lipinski definition) is 2. The number of carbonyl (C=O) groups is 2. The summed E-state index contributed by atoms with van der Waals surface area (Å²) in [7, 11) is -3.46. The van der Waals surface area contributed by atoms with E-state index in [9.17, 15) is 18.0 Å². The van der Waals surface area contributed by atoms with Crippen LogP contribution in [-0.4, -0.2) is 67.8 Å². The number of amides is 3. The van der Waals surface area contributed by atoms with Crippen LogP contribution in [0.4, 0.5) is 4.79 Å². The fourth-order valence-electron chi connectivity index (χ4n) is 3.54. The molecule has 1 saturated heterocycles. The number of rotatable bonds is 5. The first-order chi connectivity index (χ1) is 12.9. The van der Waals surface area contributed by atoms with Crippen molar-refractivity contribution >= 4 is 33.3 Å². The van der Waals surface area contributed by atoms with Crippen LogP contribution in [0.25, 0.3) is 0 Å². The Morgan fingerprint density at radius 2 is 1.85 bits per heavy atom. The first-order valence-corrected chi connectivity index (χ1v) is 11.6. The number of nitrogens with one attached hydrogen (secondary N) is 2. The van der Waals surface area contributed by atoms with E-state index in [-0.39, 0.29) is 11.9 Å². The number of carbonyl (C=O) groups excluding carboxylic acids is 2. The van der Waals surface area contributed by atoms with Crippen LogP contribution in [0.5, 0.6) is 0 Å². The Kier molecular flexibility index (Phi) is 6.51. The second kappa shape index (κ2) is 8.68. The number of nitrogens with zero attached hydrogens (tertiary/aromatic N) is 2. The molecule has 3 rings (SSSR count). The third-order valence-corrected chi connectivity index (χ3v) is 8.49. The predicted molar refractivity (Wildman–Crippen MR) is 103 cm³/mol. The zero-order valence-corrected chi connectivity index (χ0v) is 17.0. The van der Waals surface area contributed by atoms with Gasteiger partial charge in [0.05, 0.1) is 6.04 Å². The van der Waals surface area contributed by atoms with Gasteiger partial charge >= 0.3 is 6.03 Å². The molecule has 2 fully saturated rings. The molecule has 2 aliphatic rings. The quantitative estimate of drug-likeness (QED) is 0.755. The van der Waals surface area contributed by atoms with Gasteiger partial charge in [-0.3, -0.25) is 15.0 Å². The van der Waals surface area contributed by atoms with Crippen molar-refractivity contribution in [1.29, 1.82) is 0 Å². The van der Waals surface area contributed by atoms with Crippen LogP contribution >= 0.6 is 11.3 Å². The standard InChI is InChI=1S/C17H26N4O4S2/c1-13(16(22)19-17(23)18-14-5-2-3-6-14)20-8-10-21(11-9-20)27(24,25)15-7-4-12-26-15/h4,7,12-14H,2-3,5-6,8-11H2,1H3,(H2,18,19,22,23)/t13-/m1/s1. The molecule has 1 aliphatic heterocycles. The molecule has 0 radical (unpaired) electrons. The maximum absolute atomic E-state index is 12.6. The molecule has 27 heavy (non-hydrogen) atoms. The fourth-order valence-corrected chi connectivity index (χ4v) is 6.11. The van der Waals surface area contributed by atoms with E-state index in [1.165, 1.54) is 15.6 Å². The average molecular weight is 415 g/mol. The Hall–Kier alpha value is -1.49. The number of piperazine rings is 1. The van der Waals surface area contributed by atoms with Gasteiger partial charge in [0.25, 0.3) is 10.0 Å². The van der Waals surface area contributed by atoms with Gasteiger partial charge in [0.1, 0.15) is 4.21 Å². The molecule has 1 saturated carbocycles. The van der Waals surface area contributed by atoms with Gasteiger partial charge in [-0.25, -0.2) is 13.2 Å². The lowest BCUT2D eigenvalue weighted by Gasteiger charge is -2.36. The van der Waals surface area contributed by atoms with Crippen LogP contribution in [-0.2, 0) is 14.8 Å². The summed E-state index contributed by atoms with van der Waals surface area (Å²) in [5.41, 5.74) is 0. The van der Waals surface area contributed by atoms with Crippen molar-refractivity contribution in [3.8, 4) is 0 Å². The minimum atomic E-state index is -3.46. The van der Waals surface area contributed by atoms with Crippen molar-refractivity contribution < 1.29 is 18.0 Å². The van der Waals surface area contributed by atoms with Gasteiger partial charge < -0.3 is 5.32 Å². The van der Waals surface area contributed by atoms with Gasteiger partial charge in [0.2, 0.25) is 5.91 Å². The highest BCUT2D eigenvalue weighted by atomic mass is 32.2. The number of imide groups is 1. The average Bonchev–Trinajstić information content (AvgIpc) is 3.35. The highest BCUT2D eigenvalue weighted by Crippen LogP contribution is 2.22. The van der Waals surface area contributed by atoms with Crippen LogP contribution in [0.15, 0.2) is 21.7 Å². The Morgan fingerprint density at radius 1 is 1.19 bits per heavy atom. The Labute approximate surface area is 164 Å². The smallest absolute Gasteiger partial charge is 0.321 e. The predicted octanol–water partition coefficient (Wildman–Crippen LogP) is 1.21. The van der Waals surface area contributed by atoms with E-state index in [0.29, 0.717) is 30.4 Å². The molecule has 2 heterocycles. The van der Waals surface area contributed by atoms with Gasteiger partial charge in [-0.15, -0.1) is 11.3 Å². The van der Waals surface area contributed by atoms with Gasteiger partial charge in [-0.2, -0.15) is 4.31 Å². The van der Waals surface area contributed by atoms with E-state index in [0.717, 1.165) is 25.7 Å². The van der Waals surface area contributed by atoms with Crippen molar-refractivity contribution in [2.75, 3.05) is 26.2 Å². The molecule has 1 aromatic heterocycles. The number of thiophene rings is 1. The molecule has 8 nitrogen and oxygen atoms in total. The number of hydrogen-bond acceptors (Lipinski definition) is 6. The first-order valence-electron chi connectivity index (χ1n) is 9.27. The number of urea groups is 1. The maximum Gasteiger partial charge on any atom is 0.321 e. The SMILES string of the molecule is C[C@H](C(=O)NC(=O)NC1CCCC1)N1CCN(S(=O)(=O)c2cccs2)CC1. The molecular weight excluding hydrogens is 388 g/mol. The molecule has 10 heteroatoms. The minimum Gasteiger partial charge on any atom is -0.335 e. The van der Waals surface area contributed by atoms with E-state index in [4.69, 9.17) is 0 Å². The summed E-state index contributed by atoms with van der Waals surface area (Å²) in [6, 6.07) is 2.53. The van der Waals surface area contributed by atoms with E-state index in [2.05, 4.69) is 10.6 Å². The summed E-state index contributed by atoms with van der Waals surface area (Å²) >= 11 is 1.20. The molecule has 0 unspecified atom stereocenters. The lowest BCUT2D eigenvalue weighted by molar-refractivity contribution is -0.125. The molecule has 150 valence electrons. The van der Waals surface area contributed by atoms with Crippen LogP contribution in [0, 0.1) is 0 Å². The minimum absolute atomic E-state index is 0.152. The largest absolute Gasteiger partial charge is 0.335 e. The first kappa shape index (κ1) is 20.2. The van der Waals surface area contributed by atoms with Crippen LogP contribution < -0.4 is 10.6 Å². The normalized spacial score (nSPS) is 21.1. The lowest BCUT2D eigenvalue weighted by atomic mass is 10.2. The summed E-state index contributed by atoms with van der Waals surface area (Å²) in [5.74, 6) is -0.361. The summed E-state index contributed by atoms with van der Waals surface area (Å²) in [5, 5.41) is 6.98. The molecule has 1 aliphatic carbocycles. The van der Waals surface area contributed by atoms with Gasteiger partial charge in [-0.05, 0) is 31.2 Å². The van der Waals surface area contributed by atoms with Crippen LogP contribution in [0.2, 0.25) is 0 Å². The summed E-state index contributed by atoms with van der Waals surface area (Å²) < 4.78 is 26.9. The van der Waals surface area contributed by atoms with Gasteiger partial charge in [0.15, 0.2) is 0 Å². The van der Waals surface area contributed by atoms with Crippen LogP contribution in [0.3, 0.4) is 0 Å². The van der Waals surface area contributed by atoms with E-state index >= 15 is 0 Å². The van der Waals surface area contributed by atoms with E-state index in [1.807, 2.05) is 4.90 Å². The van der Waals surface area contributed by atoms with Crippen LogP contribution in [0.1, 0.15) is 32.6 Å². The van der Waals surface area contributed by atoms with Crippen molar-refractivity contribution in [3.63, 3.8) is 0 Å². The van der Waals surface area contributed by atoms with Crippen molar-refractivity contribution in [3.05, 3.63) is 17.5 Å². The molecular formula is C17H26N4O4S2. The van der Waals surface area contributed by atoms with Gasteiger partial charge in [-0.1, -0.05) is 18.9 Å². The van der Waals surface area contributed by atoms with Crippen molar-refractivity contribution in [2.45, 2.75) is 48.9 Å². The molecule has 1 aromatic rings. The third-order valence-electron chi connectivity index (χ3n) is 5.22. The zero-order chi connectivity index (χ0) is 19.4. The van der Waals surface area contributed by atoms with Gasteiger partial charge in [0, 0.05) is 32.2 Å². The molecule has 0 bridgehead atoms. The Morgan fingerprint density at radius 3 is 2.44 bits per heavy atom. The van der Waals surface area contributed by atoms with Crippen molar-refractivity contribution in [2.24, 2.45) is 0 Å². The summed E-state index contributed by atoms with van der Waals surface area (Å²) in [6.45, 7) is 3.28. The number of sulfonamides is 1. The molecule has 0 aromatic carbocycles. The molecule has 3 amide bonds.